The van der Waals surface area contributed by atoms with Gasteiger partial charge in [0, 0.05) is 54.4 Å². The zero-order valence-corrected chi connectivity index (χ0v) is 15.6. The Morgan fingerprint density at radius 1 is 0.964 bits per heavy atom. The number of rotatable bonds is 4. The van der Waals surface area contributed by atoms with E-state index in [0.29, 0.717) is 5.92 Å². The van der Waals surface area contributed by atoms with E-state index in [-0.39, 0.29) is 0 Å². The molecule has 1 unspecified atom stereocenters. The van der Waals surface area contributed by atoms with E-state index in [1.165, 1.54) is 11.1 Å². The lowest BCUT2D eigenvalue weighted by Crippen LogP contribution is -2.20. The van der Waals surface area contributed by atoms with Gasteiger partial charge in [0.05, 0.1) is 11.2 Å². The quantitative estimate of drug-likeness (QED) is 0.544. The number of hydrogen-bond acceptors (Lipinski definition) is 5. The molecule has 5 rings (SSSR count). The second-order valence-corrected chi connectivity index (χ2v) is 7.36. The third-order valence-corrected chi connectivity index (χ3v) is 5.43. The fraction of sp³-hybridized carbons (Fsp3) is 0.217. The summed E-state index contributed by atoms with van der Waals surface area (Å²) in [4.78, 5) is 19.9. The van der Waals surface area contributed by atoms with Gasteiger partial charge in [-0.05, 0) is 48.7 Å². The lowest BCUT2D eigenvalue weighted by molar-refractivity contribution is 0.326. The monoisotopic (exact) mass is 367 g/mol. The number of para-hydroxylation sites is 1. The molecule has 1 fully saturated rings. The van der Waals surface area contributed by atoms with Crippen LogP contribution in [0.3, 0.4) is 0 Å². The van der Waals surface area contributed by atoms with Crippen molar-refractivity contribution in [3.8, 4) is 11.3 Å². The predicted molar refractivity (Wildman–Crippen MR) is 110 cm³/mol. The minimum Gasteiger partial charge on any atom is -0.298 e. The van der Waals surface area contributed by atoms with Crippen LogP contribution in [0.2, 0.25) is 0 Å². The highest BCUT2D eigenvalue weighted by Crippen LogP contribution is 2.30. The minimum absolute atomic E-state index is 0.528. The Morgan fingerprint density at radius 3 is 2.79 bits per heavy atom. The Morgan fingerprint density at radius 2 is 1.86 bits per heavy atom. The molecule has 3 aromatic heterocycles. The van der Waals surface area contributed by atoms with E-state index < -0.39 is 0 Å². The van der Waals surface area contributed by atoms with Crippen LogP contribution in [0, 0.1) is 0 Å². The van der Waals surface area contributed by atoms with Gasteiger partial charge >= 0.3 is 0 Å². The van der Waals surface area contributed by atoms with Crippen LogP contribution in [0.5, 0.6) is 0 Å². The van der Waals surface area contributed by atoms with Gasteiger partial charge < -0.3 is 0 Å². The first kappa shape index (κ1) is 17.0. The molecule has 0 aliphatic carbocycles. The molecular weight excluding hydrogens is 346 g/mol. The van der Waals surface area contributed by atoms with Gasteiger partial charge in [-0.3, -0.25) is 14.9 Å². The number of benzene rings is 1. The number of hydrogen-bond donors (Lipinski definition) is 0. The molecule has 1 saturated heterocycles. The van der Waals surface area contributed by atoms with Crippen molar-refractivity contribution in [3.05, 3.63) is 84.7 Å². The lowest BCUT2D eigenvalue weighted by atomic mass is 9.97. The summed E-state index contributed by atoms with van der Waals surface area (Å²) in [7, 11) is 0. The number of aromatic nitrogens is 4. The van der Waals surface area contributed by atoms with Gasteiger partial charge in [0.2, 0.25) is 0 Å². The van der Waals surface area contributed by atoms with Crippen molar-refractivity contribution in [1.29, 1.82) is 0 Å². The molecule has 138 valence electrons. The van der Waals surface area contributed by atoms with Crippen molar-refractivity contribution in [1.82, 2.24) is 24.8 Å². The molecule has 4 heterocycles. The first-order chi connectivity index (χ1) is 13.8. The number of pyridine rings is 2. The van der Waals surface area contributed by atoms with E-state index in [2.05, 4.69) is 49.1 Å². The molecule has 1 aliphatic heterocycles. The molecule has 0 radical (unpaired) electrons. The topological polar surface area (TPSA) is 54.8 Å². The van der Waals surface area contributed by atoms with E-state index in [1.807, 2.05) is 43.0 Å². The zero-order valence-electron chi connectivity index (χ0n) is 15.6. The maximum Gasteiger partial charge on any atom is 0.115 e. The molecule has 0 saturated carbocycles. The summed E-state index contributed by atoms with van der Waals surface area (Å²) < 4.78 is 0. The first-order valence-corrected chi connectivity index (χ1v) is 9.62. The van der Waals surface area contributed by atoms with E-state index in [9.17, 15) is 0 Å². The van der Waals surface area contributed by atoms with E-state index >= 15 is 0 Å². The molecule has 5 heteroatoms. The third-order valence-electron chi connectivity index (χ3n) is 5.43. The Balaban J connectivity index is 1.35. The minimum atomic E-state index is 0.528. The molecule has 0 bridgehead atoms. The van der Waals surface area contributed by atoms with Crippen LogP contribution in [-0.4, -0.2) is 37.9 Å². The van der Waals surface area contributed by atoms with E-state index in [1.54, 1.807) is 6.33 Å². The summed E-state index contributed by atoms with van der Waals surface area (Å²) in [5.74, 6) is 0.528. The molecule has 5 nitrogen and oxygen atoms in total. The average Bonchev–Trinajstić information content (AvgIpc) is 3.23. The van der Waals surface area contributed by atoms with Gasteiger partial charge in [0.1, 0.15) is 6.33 Å². The second-order valence-electron chi connectivity index (χ2n) is 7.36. The molecule has 1 atom stereocenters. The fourth-order valence-electron chi connectivity index (χ4n) is 3.99. The number of fused-ring (bicyclic) bond motifs is 1. The first-order valence-electron chi connectivity index (χ1n) is 9.62. The number of nitrogens with zero attached hydrogens (tertiary/aromatic N) is 5. The second kappa shape index (κ2) is 7.44. The van der Waals surface area contributed by atoms with Crippen LogP contribution in [0.4, 0.5) is 0 Å². The summed E-state index contributed by atoms with van der Waals surface area (Å²) in [6, 6.07) is 14.7. The highest BCUT2D eigenvalue weighted by molar-refractivity contribution is 5.82. The van der Waals surface area contributed by atoms with Crippen LogP contribution in [0.1, 0.15) is 23.5 Å². The third kappa shape index (κ3) is 3.49. The fourth-order valence-corrected chi connectivity index (χ4v) is 3.99. The van der Waals surface area contributed by atoms with Gasteiger partial charge in [0.25, 0.3) is 0 Å². The molecule has 0 spiro atoms. The molecule has 28 heavy (non-hydrogen) atoms. The van der Waals surface area contributed by atoms with Crippen molar-refractivity contribution < 1.29 is 0 Å². The average molecular weight is 367 g/mol. The van der Waals surface area contributed by atoms with Gasteiger partial charge in [-0.25, -0.2) is 9.97 Å². The summed E-state index contributed by atoms with van der Waals surface area (Å²) in [6.07, 6.45) is 10.4. The van der Waals surface area contributed by atoms with Crippen molar-refractivity contribution in [2.24, 2.45) is 0 Å². The SMILES string of the molecule is c1ccc2ncc(-c3cc(C4CCN(Cc5cncnc5)C4)ccn3)cc2c1. The summed E-state index contributed by atoms with van der Waals surface area (Å²) in [5.41, 5.74) is 5.59. The molecule has 1 aromatic carbocycles. The van der Waals surface area contributed by atoms with Crippen molar-refractivity contribution in [2.75, 3.05) is 13.1 Å². The van der Waals surface area contributed by atoms with Crippen molar-refractivity contribution >= 4 is 10.9 Å². The number of likely N-dealkylation sites (tertiary alicyclic amines) is 1. The smallest absolute Gasteiger partial charge is 0.115 e. The Labute approximate surface area is 164 Å². The normalized spacial score (nSPS) is 17.2. The Hall–Kier alpha value is -3.18. The van der Waals surface area contributed by atoms with E-state index in [4.69, 9.17) is 0 Å². The van der Waals surface area contributed by atoms with Crippen LogP contribution in [-0.2, 0) is 6.54 Å². The Bertz CT molecular complexity index is 1100. The highest BCUT2D eigenvalue weighted by Gasteiger charge is 2.24. The van der Waals surface area contributed by atoms with Gasteiger partial charge in [0.15, 0.2) is 0 Å². The van der Waals surface area contributed by atoms with Gasteiger partial charge in [-0.1, -0.05) is 18.2 Å². The van der Waals surface area contributed by atoms with Crippen LogP contribution < -0.4 is 0 Å². The maximum absolute atomic E-state index is 4.60. The van der Waals surface area contributed by atoms with Crippen LogP contribution in [0.15, 0.2) is 73.6 Å². The standard InChI is InChI=1S/C23H21N5/c1-2-4-22-19(3-1)9-21(13-27-22)23-10-18(5-7-26-23)20-6-8-28(15-20)14-17-11-24-16-25-12-17/h1-5,7,9-13,16,20H,6,8,14-15H2. The summed E-state index contributed by atoms with van der Waals surface area (Å²) >= 11 is 0. The zero-order chi connectivity index (χ0) is 18.8. The largest absolute Gasteiger partial charge is 0.298 e. The van der Waals surface area contributed by atoms with Crippen molar-refractivity contribution in [3.63, 3.8) is 0 Å². The highest BCUT2D eigenvalue weighted by atomic mass is 15.1. The summed E-state index contributed by atoms with van der Waals surface area (Å²) in [5, 5.41) is 1.14. The van der Waals surface area contributed by atoms with Crippen molar-refractivity contribution in [2.45, 2.75) is 18.9 Å². The molecular formula is C23H21N5. The molecule has 0 amide bonds. The maximum atomic E-state index is 4.60. The van der Waals surface area contributed by atoms with Crippen LogP contribution in [0.25, 0.3) is 22.2 Å². The molecule has 1 aliphatic rings. The Kier molecular flexibility index (Phi) is 4.51. The van der Waals surface area contributed by atoms with E-state index in [0.717, 1.165) is 48.2 Å². The van der Waals surface area contributed by atoms with Gasteiger partial charge in [-0.2, -0.15) is 0 Å². The van der Waals surface area contributed by atoms with Crippen LogP contribution >= 0.6 is 0 Å². The molecule has 0 N–H and O–H groups in total. The lowest BCUT2D eigenvalue weighted by Gasteiger charge is -2.16. The molecule has 4 aromatic rings. The predicted octanol–water partition coefficient (Wildman–Crippen LogP) is 4.08. The summed E-state index contributed by atoms with van der Waals surface area (Å²) in [6.45, 7) is 3.05. The van der Waals surface area contributed by atoms with Gasteiger partial charge in [-0.15, -0.1) is 0 Å².